The summed E-state index contributed by atoms with van der Waals surface area (Å²) < 4.78 is 0. The highest BCUT2D eigenvalue weighted by Crippen LogP contribution is 1.80. The molecule has 0 spiro atoms. The fourth-order valence-corrected chi connectivity index (χ4v) is 0.349. The Bertz CT molecular complexity index is 134. The van der Waals surface area contributed by atoms with Crippen LogP contribution in [0.2, 0.25) is 0 Å². The molecule has 9 heavy (non-hydrogen) atoms. The van der Waals surface area contributed by atoms with Crippen molar-refractivity contribution in [3.05, 3.63) is 24.3 Å². The van der Waals surface area contributed by atoms with Crippen molar-refractivity contribution in [2.24, 2.45) is 0 Å². The number of rotatable bonds is 3. The number of hydrogen-bond donors (Lipinski definition) is 0. The molecule has 2 heteroatoms. The Kier molecular flexibility index (Phi) is 4.50. The second kappa shape index (κ2) is 5.09. The highest BCUT2D eigenvalue weighted by atomic mass is 16.4. The molecule has 0 aliphatic rings. The van der Waals surface area contributed by atoms with E-state index in [1.54, 1.807) is 6.08 Å². The molecule has 0 aliphatic heterocycles. The van der Waals surface area contributed by atoms with E-state index in [-0.39, 0.29) is 0 Å². The minimum absolute atomic E-state index is 0.914. The molecule has 0 unspecified atom stereocenters. The lowest BCUT2D eigenvalue weighted by atomic mass is 10.4. The van der Waals surface area contributed by atoms with E-state index >= 15 is 0 Å². The molecule has 0 N–H and O–H groups in total. The van der Waals surface area contributed by atoms with Gasteiger partial charge in [0.2, 0.25) is 0 Å². The van der Waals surface area contributed by atoms with Crippen LogP contribution in [0.4, 0.5) is 0 Å². The summed E-state index contributed by atoms with van der Waals surface area (Å²) in [5.74, 6) is -1.16. The molecule has 0 saturated heterocycles. The summed E-state index contributed by atoms with van der Waals surface area (Å²) in [6, 6.07) is 0. The van der Waals surface area contributed by atoms with Gasteiger partial charge >= 0.3 is 0 Å². The highest BCUT2D eigenvalue weighted by Gasteiger charge is 1.66. The van der Waals surface area contributed by atoms with Crippen LogP contribution in [0.15, 0.2) is 24.3 Å². The Morgan fingerprint density at radius 1 is 1.56 bits per heavy atom. The first-order valence-corrected chi connectivity index (χ1v) is 2.81. The van der Waals surface area contributed by atoms with Gasteiger partial charge in [-0.2, -0.15) is 0 Å². The largest absolute Gasteiger partial charge is 0.545 e. The number of allylic oxidation sites excluding steroid dienone is 3. The Balaban J connectivity index is 3.47. The predicted molar refractivity (Wildman–Crippen MR) is 33.6 cm³/mol. The summed E-state index contributed by atoms with van der Waals surface area (Å²) in [6.07, 6.45) is 6.89. The summed E-state index contributed by atoms with van der Waals surface area (Å²) >= 11 is 0. The van der Waals surface area contributed by atoms with E-state index in [2.05, 4.69) is 0 Å². The monoisotopic (exact) mass is 125 g/mol. The van der Waals surface area contributed by atoms with Crippen LogP contribution >= 0.6 is 0 Å². The van der Waals surface area contributed by atoms with E-state index in [9.17, 15) is 9.90 Å². The SMILES string of the molecule is CC/C=C/C=C/C(=O)[O-]. The number of carboxylic acids is 1. The van der Waals surface area contributed by atoms with Crippen LogP contribution in [0.5, 0.6) is 0 Å². The van der Waals surface area contributed by atoms with Crippen molar-refractivity contribution in [1.29, 1.82) is 0 Å². The molecule has 0 rings (SSSR count). The summed E-state index contributed by atoms with van der Waals surface area (Å²) in [7, 11) is 0. The van der Waals surface area contributed by atoms with Crippen LogP contribution in [0.25, 0.3) is 0 Å². The van der Waals surface area contributed by atoms with Gasteiger partial charge < -0.3 is 9.90 Å². The molecule has 0 fully saturated rings. The topological polar surface area (TPSA) is 40.1 Å². The number of hydrogen-bond acceptors (Lipinski definition) is 2. The van der Waals surface area contributed by atoms with Gasteiger partial charge in [-0.25, -0.2) is 0 Å². The first-order valence-electron chi connectivity index (χ1n) is 2.81. The molecule has 0 heterocycles. The Labute approximate surface area is 54.5 Å². The lowest BCUT2D eigenvalue weighted by Gasteiger charge is -1.85. The molecule has 0 aromatic carbocycles. The molecule has 0 aliphatic carbocycles. The number of carbonyl (C=O) groups excluding carboxylic acids is 1. The fourth-order valence-electron chi connectivity index (χ4n) is 0.349. The second-order valence-electron chi connectivity index (χ2n) is 1.51. The van der Waals surface area contributed by atoms with Gasteiger partial charge in [0, 0.05) is 0 Å². The van der Waals surface area contributed by atoms with Gasteiger partial charge in [-0.3, -0.25) is 0 Å². The van der Waals surface area contributed by atoms with Crippen LogP contribution in [0, 0.1) is 0 Å². The fraction of sp³-hybridized carbons (Fsp3) is 0.286. The van der Waals surface area contributed by atoms with E-state index in [1.165, 1.54) is 6.08 Å². The van der Waals surface area contributed by atoms with Crippen molar-refractivity contribution in [2.75, 3.05) is 0 Å². The van der Waals surface area contributed by atoms with Crippen molar-refractivity contribution in [2.45, 2.75) is 13.3 Å². The third-order valence-corrected chi connectivity index (χ3v) is 0.715. The smallest absolute Gasteiger partial charge is 0.0642 e. The van der Waals surface area contributed by atoms with Gasteiger partial charge in [0.15, 0.2) is 0 Å². The van der Waals surface area contributed by atoms with Crippen molar-refractivity contribution >= 4 is 5.97 Å². The molecule has 2 nitrogen and oxygen atoms in total. The van der Waals surface area contributed by atoms with Crippen molar-refractivity contribution in [1.82, 2.24) is 0 Å². The molecule has 50 valence electrons. The van der Waals surface area contributed by atoms with Crippen LogP contribution in [0.1, 0.15) is 13.3 Å². The van der Waals surface area contributed by atoms with E-state index in [1.807, 2.05) is 13.0 Å². The Morgan fingerprint density at radius 3 is 2.67 bits per heavy atom. The first kappa shape index (κ1) is 7.95. The van der Waals surface area contributed by atoms with Crippen molar-refractivity contribution in [3.63, 3.8) is 0 Å². The summed E-state index contributed by atoms with van der Waals surface area (Å²) in [6.45, 7) is 1.98. The van der Waals surface area contributed by atoms with E-state index < -0.39 is 5.97 Å². The normalized spacial score (nSPS) is 11.2. The molecule has 0 amide bonds. The predicted octanol–water partition coefficient (Wildman–Crippen LogP) is 0.259. The zero-order valence-electron chi connectivity index (χ0n) is 5.33. The van der Waals surface area contributed by atoms with Crippen LogP contribution in [-0.2, 0) is 4.79 Å². The van der Waals surface area contributed by atoms with Gasteiger partial charge in [0.25, 0.3) is 0 Å². The molecule has 0 aromatic heterocycles. The molecule has 0 saturated carbocycles. The molecule has 0 radical (unpaired) electrons. The molecular formula is C7H9O2-. The second-order valence-corrected chi connectivity index (χ2v) is 1.51. The summed E-state index contributed by atoms with van der Waals surface area (Å²) in [5.41, 5.74) is 0. The molecule has 0 aromatic rings. The maximum atomic E-state index is 9.73. The van der Waals surface area contributed by atoms with Gasteiger partial charge in [0.1, 0.15) is 0 Å². The van der Waals surface area contributed by atoms with Gasteiger partial charge in [-0.15, -0.1) is 0 Å². The third kappa shape index (κ3) is 6.95. The minimum atomic E-state index is -1.16. The van der Waals surface area contributed by atoms with E-state index in [0.29, 0.717) is 0 Å². The average Bonchev–Trinajstić information content (AvgIpc) is 1.80. The number of carbonyl (C=O) groups is 1. The zero-order valence-corrected chi connectivity index (χ0v) is 5.33. The molecule has 0 atom stereocenters. The summed E-state index contributed by atoms with van der Waals surface area (Å²) in [4.78, 5) is 9.73. The van der Waals surface area contributed by atoms with Gasteiger partial charge in [-0.05, 0) is 12.5 Å². The average molecular weight is 125 g/mol. The minimum Gasteiger partial charge on any atom is -0.545 e. The van der Waals surface area contributed by atoms with Gasteiger partial charge in [0.05, 0.1) is 5.97 Å². The lowest BCUT2D eigenvalue weighted by Crippen LogP contribution is -2.18. The van der Waals surface area contributed by atoms with E-state index in [4.69, 9.17) is 0 Å². The number of aliphatic carboxylic acids is 1. The number of carboxylic acid groups (broad SMARTS) is 1. The van der Waals surface area contributed by atoms with Crippen LogP contribution < -0.4 is 5.11 Å². The van der Waals surface area contributed by atoms with E-state index in [0.717, 1.165) is 12.5 Å². The maximum Gasteiger partial charge on any atom is 0.0642 e. The maximum absolute atomic E-state index is 9.73. The lowest BCUT2D eigenvalue weighted by molar-refractivity contribution is -0.297. The Morgan fingerprint density at radius 2 is 2.22 bits per heavy atom. The first-order chi connectivity index (χ1) is 4.27. The van der Waals surface area contributed by atoms with Crippen molar-refractivity contribution < 1.29 is 9.90 Å². The van der Waals surface area contributed by atoms with Crippen LogP contribution in [-0.4, -0.2) is 5.97 Å². The standard InChI is InChI=1S/C7H10O2/c1-2-3-4-5-6-7(8)9/h3-6H,2H2,1H3,(H,8,9)/p-1/b4-3+,6-5+. The zero-order chi connectivity index (χ0) is 7.11. The summed E-state index contributed by atoms with van der Waals surface area (Å²) in [5, 5.41) is 9.73. The van der Waals surface area contributed by atoms with Crippen LogP contribution in [0.3, 0.4) is 0 Å². The quantitative estimate of drug-likeness (QED) is 0.401. The van der Waals surface area contributed by atoms with Crippen molar-refractivity contribution in [3.8, 4) is 0 Å². The Hall–Kier alpha value is -1.05. The molecule has 0 bridgehead atoms. The highest BCUT2D eigenvalue weighted by molar-refractivity contribution is 5.77. The third-order valence-electron chi connectivity index (χ3n) is 0.715. The van der Waals surface area contributed by atoms with Gasteiger partial charge in [-0.1, -0.05) is 25.2 Å². The molecular weight excluding hydrogens is 116 g/mol.